The second-order valence-electron chi connectivity index (χ2n) is 4.95. The first-order valence-electron chi connectivity index (χ1n) is 6.15. The van der Waals surface area contributed by atoms with Crippen LogP contribution in [-0.4, -0.2) is 34.1 Å². The van der Waals surface area contributed by atoms with E-state index in [4.69, 9.17) is 10.2 Å². The highest BCUT2D eigenvalue weighted by molar-refractivity contribution is 5.87. The molecule has 0 bridgehead atoms. The summed E-state index contributed by atoms with van der Waals surface area (Å²) in [5.41, 5.74) is 0. The van der Waals surface area contributed by atoms with Crippen molar-refractivity contribution in [3.05, 3.63) is 0 Å². The topological polar surface area (TPSA) is 104 Å². The molecule has 1 aliphatic carbocycles. The van der Waals surface area contributed by atoms with Crippen LogP contribution in [0.4, 0.5) is 0 Å². The Balaban J connectivity index is 2.50. The molecule has 1 unspecified atom stereocenters. The quantitative estimate of drug-likeness (QED) is 0.677. The second-order valence-corrected chi connectivity index (χ2v) is 4.95. The highest BCUT2D eigenvalue weighted by Crippen LogP contribution is 2.28. The molecule has 18 heavy (non-hydrogen) atoms. The highest BCUT2D eigenvalue weighted by atomic mass is 16.4. The number of nitrogens with one attached hydrogen (secondary N) is 1. The number of carbonyl (C=O) groups is 3. The molecule has 0 spiro atoms. The molecule has 1 fully saturated rings. The van der Waals surface area contributed by atoms with Crippen LogP contribution in [0.5, 0.6) is 0 Å². The maximum Gasteiger partial charge on any atom is 0.326 e. The molecule has 0 heterocycles. The molecule has 6 heteroatoms. The Morgan fingerprint density at radius 2 is 1.72 bits per heavy atom. The van der Waals surface area contributed by atoms with Crippen LogP contribution in [0.15, 0.2) is 0 Å². The molecule has 0 aromatic rings. The van der Waals surface area contributed by atoms with Gasteiger partial charge in [-0.25, -0.2) is 4.79 Å². The van der Waals surface area contributed by atoms with E-state index in [1.807, 2.05) is 0 Å². The van der Waals surface area contributed by atoms with E-state index < -0.39 is 24.4 Å². The van der Waals surface area contributed by atoms with E-state index in [2.05, 4.69) is 12.2 Å². The monoisotopic (exact) mass is 257 g/mol. The first kappa shape index (κ1) is 14.5. The molecule has 1 rings (SSSR count). The summed E-state index contributed by atoms with van der Waals surface area (Å²) < 4.78 is 0. The van der Waals surface area contributed by atoms with E-state index in [-0.39, 0.29) is 11.8 Å². The van der Waals surface area contributed by atoms with Gasteiger partial charge in [0.2, 0.25) is 5.91 Å². The summed E-state index contributed by atoms with van der Waals surface area (Å²) in [5, 5.41) is 19.7. The standard InChI is InChI=1S/C12H19NO5/c1-7-2-4-8(5-3-7)11(16)13-9(12(17)18)6-10(14)15/h7-9H,2-6H2,1H3,(H,13,16)(H,14,15)(H,17,18). The summed E-state index contributed by atoms with van der Waals surface area (Å²) in [6, 6.07) is -1.34. The van der Waals surface area contributed by atoms with Gasteiger partial charge in [0.15, 0.2) is 0 Å². The minimum atomic E-state index is -1.34. The molecule has 0 saturated heterocycles. The maximum atomic E-state index is 11.8. The number of hydrogen-bond acceptors (Lipinski definition) is 3. The van der Waals surface area contributed by atoms with E-state index in [9.17, 15) is 14.4 Å². The predicted molar refractivity (Wildman–Crippen MR) is 62.9 cm³/mol. The Bertz CT molecular complexity index is 333. The number of carbonyl (C=O) groups excluding carboxylic acids is 1. The molecule has 1 amide bonds. The first-order valence-corrected chi connectivity index (χ1v) is 6.15. The molecule has 1 saturated carbocycles. The van der Waals surface area contributed by atoms with Gasteiger partial charge in [-0.05, 0) is 31.6 Å². The largest absolute Gasteiger partial charge is 0.481 e. The zero-order valence-electron chi connectivity index (χ0n) is 10.4. The lowest BCUT2D eigenvalue weighted by Gasteiger charge is -2.26. The highest BCUT2D eigenvalue weighted by Gasteiger charge is 2.29. The zero-order chi connectivity index (χ0) is 13.7. The Kier molecular flexibility index (Phi) is 5.12. The summed E-state index contributed by atoms with van der Waals surface area (Å²) >= 11 is 0. The Labute approximate surface area is 105 Å². The average Bonchev–Trinajstić information content (AvgIpc) is 2.28. The van der Waals surface area contributed by atoms with Crippen LogP contribution in [0.2, 0.25) is 0 Å². The second kappa shape index (κ2) is 6.37. The van der Waals surface area contributed by atoms with Crippen molar-refractivity contribution in [2.45, 2.75) is 45.1 Å². The number of hydrogen-bond donors (Lipinski definition) is 3. The van der Waals surface area contributed by atoms with Crippen LogP contribution >= 0.6 is 0 Å². The summed E-state index contributed by atoms with van der Waals surface area (Å²) in [7, 11) is 0. The fraction of sp³-hybridized carbons (Fsp3) is 0.750. The van der Waals surface area contributed by atoms with Crippen LogP contribution in [-0.2, 0) is 14.4 Å². The third-order valence-electron chi connectivity index (χ3n) is 3.38. The van der Waals surface area contributed by atoms with Gasteiger partial charge in [0, 0.05) is 5.92 Å². The van der Waals surface area contributed by atoms with Gasteiger partial charge in [0.1, 0.15) is 6.04 Å². The van der Waals surface area contributed by atoms with Gasteiger partial charge >= 0.3 is 11.9 Å². The SMILES string of the molecule is CC1CCC(C(=O)NC(CC(=O)O)C(=O)O)CC1. The molecular weight excluding hydrogens is 238 g/mol. The molecule has 1 aliphatic rings. The van der Waals surface area contributed by atoms with Crippen molar-refractivity contribution < 1.29 is 24.6 Å². The number of amides is 1. The zero-order valence-corrected chi connectivity index (χ0v) is 10.4. The minimum Gasteiger partial charge on any atom is -0.481 e. The van der Waals surface area contributed by atoms with E-state index in [1.54, 1.807) is 0 Å². The van der Waals surface area contributed by atoms with Crippen LogP contribution in [0.25, 0.3) is 0 Å². The molecule has 0 aromatic carbocycles. The van der Waals surface area contributed by atoms with Gasteiger partial charge in [-0.15, -0.1) is 0 Å². The van der Waals surface area contributed by atoms with Crippen molar-refractivity contribution in [1.82, 2.24) is 5.32 Å². The van der Waals surface area contributed by atoms with Crippen molar-refractivity contribution >= 4 is 17.8 Å². The van der Waals surface area contributed by atoms with E-state index in [0.717, 1.165) is 25.7 Å². The average molecular weight is 257 g/mol. The van der Waals surface area contributed by atoms with Crippen molar-refractivity contribution in [2.24, 2.45) is 11.8 Å². The number of carboxylic acid groups (broad SMARTS) is 2. The van der Waals surface area contributed by atoms with Gasteiger partial charge < -0.3 is 15.5 Å². The lowest BCUT2D eigenvalue weighted by atomic mass is 9.82. The van der Waals surface area contributed by atoms with E-state index in [1.165, 1.54) is 0 Å². The number of carboxylic acids is 2. The maximum absolute atomic E-state index is 11.8. The smallest absolute Gasteiger partial charge is 0.326 e. The Hall–Kier alpha value is -1.59. The summed E-state index contributed by atoms with van der Waals surface area (Å²) in [4.78, 5) is 33.2. The van der Waals surface area contributed by atoms with Crippen molar-refractivity contribution in [3.63, 3.8) is 0 Å². The first-order chi connectivity index (χ1) is 8.40. The molecule has 1 atom stereocenters. The van der Waals surface area contributed by atoms with Crippen molar-refractivity contribution in [2.75, 3.05) is 0 Å². The summed E-state index contributed by atoms with van der Waals surface area (Å²) in [5.74, 6) is -2.47. The van der Waals surface area contributed by atoms with Gasteiger partial charge in [0.05, 0.1) is 6.42 Å². The molecule has 3 N–H and O–H groups in total. The third-order valence-corrected chi connectivity index (χ3v) is 3.38. The van der Waals surface area contributed by atoms with Gasteiger partial charge in [0.25, 0.3) is 0 Å². The summed E-state index contributed by atoms with van der Waals surface area (Å²) in [6.07, 6.45) is 2.80. The van der Waals surface area contributed by atoms with Crippen LogP contribution in [0.3, 0.4) is 0 Å². The number of aliphatic carboxylic acids is 2. The van der Waals surface area contributed by atoms with Gasteiger partial charge in [-0.2, -0.15) is 0 Å². The normalized spacial score (nSPS) is 25.2. The van der Waals surface area contributed by atoms with E-state index in [0.29, 0.717) is 5.92 Å². The van der Waals surface area contributed by atoms with Crippen LogP contribution in [0, 0.1) is 11.8 Å². The van der Waals surface area contributed by atoms with Crippen molar-refractivity contribution in [3.8, 4) is 0 Å². The fourth-order valence-corrected chi connectivity index (χ4v) is 2.19. The van der Waals surface area contributed by atoms with Crippen LogP contribution in [0.1, 0.15) is 39.0 Å². The Morgan fingerprint density at radius 1 is 1.17 bits per heavy atom. The minimum absolute atomic E-state index is 0.183. The molecule has 0 aliphatic heterocycles. The lowest BCUT2D eigenvalue weighted by Crippen LogP contribution is -2.45. The fourth-order valence-electron chi connectivity index (χ4n) is 2.19. The third kappa shape index (κ3) is 4.35. The molecule has 0 radical (unpaired) electrons. The van der Waals surface area contributed by atoms with E-state index >= 15 is 0 Å². The molecule has 6 nitrogen and oxygen atoms in total. The van der Waals surface area contributed by atoms with Gasteiger partial charge in [-0.3, -0.25) is 9.59 Å². The lowest BCUT2D eigenvalue weighted by molar-refractivity contribution is -0.147. The molecule has 102 valence electrons. The summed E-state index contributed by atoms with van der Waals surface area (Å²) in [6.45, 7) is 2.12. The predicted octanol–water partition coefficient (Wildman–Crippen LogP) is 0.857. The Morgan fingerprint density at radius 3 is 2.17 bits per heavy atom. The van der Waals surface area contributed by atoms with Crippen molar-refractivity contribution in [1.29, 1.82) is 0 Å². The number of rotatable bonds is 5. The molecule has 0 aromatic heterocycles. The molecular formula is C12H19NO5. The van der Waals surface area contributed by atoms with Gasteiger partial charge in [-0.1, -0.05) is 6.92 Å². The van der Waals surface area contributed by atoms with Crippen LogP contribution < -0.4 is 5.32 Å².